The van der Waals surface area contributed by atoms with Gasteiger partial charge < -0.3 is 26.1 Å². The molecule has 1 aliphatic rings. The van der Waals surface area contributed by atoms with E-state index < -0.39 is 30.3 Å². The van der Waals surface area contributed by atoms with Crippen LogP contribution in [0.4, 0.5) is 8.78 Å². The highest BCUT2D eigenvalue weighted by Crippen LogP contribution is 2.26. The number of nitrogens with one attached hydrogen (secondary N) is 3. The Morgan fingerprint density at radius 1 is 1.37 bits per heavy atom. The molecular weight excluding hydrogens is 482 g/mol. The van der Waals surface area contributed by atoms with Gasteiger partial charge in [0.25, 0.3) is 0 Å². The third-order valence-corrected chi connectivity index (χ3v) is 5.52. The van der Waals surface area contributed by atoms with Gasteiger partial charge in [-0.2, -0.15) is 8.78 Å². The first-order valence-corrected chi connectivity index (χ1v) is 11.0. The molecule has 1 aliphatic heterocycles. The van der Waals surface area contributed by atoms with E-state index in [1.165, 1.54) is 36.8 Å². The van der Waals surface area contributed by atoms with Gasteiger partial charge in [0, 0.05) is 35.7 Å². The van der Waals surface area contributed by atoms with Crippen LogP contribution in [0.1, 0.15) is 23.7 Å². The van der Waals surface area contributed by atoms with Crippen LogP contribution in [0.3, 0.4) is 0 Å². The van der Waals surface area contributed by atoms with E-state index in [1.807, 2.05) is 7.05 Å². The number of hydrogen-bond acceptors (Lipinski definition) is 8. The summed E-state index contributed by atoms with van der Waals surface area (Å²) in [5.74, 6) is -2.86. The number of hydrogen-bond donors (Lipinski definition) is 4. The van der Waals surface area contributed by atoms with Crippen molar-refractivity contribution in [1.82, 2.24) is 20.2 Å². The molecule has 10 nitrogen and oxygen atoms in total. The summed E-state index contributed by atoms with van der Waals surface area (Å²) in [6.07, 6.45) is 4.97. The van der Waals surface area contributed by atoms with Crippen LogP contribution in [0.25, 0.3) is 0 Å². The average molecular weight is 507 g/mol. The summed E-state index contributed by atoms with van der Waals surface area (Å²) >= 11 is 6.05. The fraction of sp³-hybridized carbons (Fsp3) is 0.364. The van der Waals surface area contributed by atoms with Gasteiger partial charge in [0.1, 0.15) is 23.5 Å². The summed E-state index contributed by atoms with van der Waals surface area (Å²) in [6, 6.07) is 4.18. The SMILES string of the molecule is CN1CCC(N=CC(NC(=O)C(C(=N)N)c2ncccn2)C(=N)c2cc(Cl)ccc2OC(F)F)C1. The number of nitrogens with two attached hydrogens (primary N) is 1. The molecule has 3 atom stereocenters. The van der Waals surface area contributed by atoms with Crippen LogP contribution in [0, 0.1) is 10.8 Å². The molecule has 1 fully saturated rings. The summed E-state index contributed by atoms with van der Waals surface area (Å²) in [5, 5.41) is 19.4. The van der Waals surface area contributed by atoms with Crippen LogP contribution in [0.15, 0.2) is 41.7 Å². The zero-order valence-electron chi connectivity index (χ0n) is 18.8. The minimum Gasteiger partial charge on any atom is -0.434 e. The number of alkyl halides is 2. The Morgan fingerprint density at radius 2 is 2.09 bits per heavy atom. The molecular formula is C22H25ClF2N8O2. The second-order valence-corrected chi connectivity index (χ2v) is 8.35. The quantitative estimate of drug-likeness (QED) is 0.286. The highest BCUT2D eigenvalue weighted by molar-refractivity contribution is 6.31. The van der Waals surface area contributed by atoms with Gasteiger partial charge in [-0.25, -0.2) is 9.97 Å². The van der Waals surface area contributed by atoms with Crippen molar-refractivity contribution in [2.24, 2.45) is 10.7 Å². The predicted octanol–water partition coefficient (Wildman–Crippen LogP) is 2.08. The molecule has 35 heavy (non-hydrogen) atoms. The van der Waals surface area contributed by atoms with Crippen molar-refractivity contribution in [2.75, 3.05) is 20.1 Å². The fourth-order valence-corrected chi connectivity index (χ4v) is 3.77. The second-order valence-electron chi connectivity index (χ2n) is 7.92. The Hall–Kier alpha value is -3.51. The number of ether oxygens (including phenoxy) is 1. The van der Waals surface area contributed by atoms with Gasteiger partial charge in [0.2, 0.25) is 5.91 Å². The van der Waals surface area contributed by atoms with Gasteiger partial charge in [-0.3, -0.25) is 15.2 Å². The van der Waals surface area contributed by atoms with E-state index in [0.717, 1.165) is 13.0 Å². The summed E-state index contributed by atoms with van der Waals surface area (Å²) in [6.45, 7) is -1.60. The highest BCUT2D eigenvalue weighted by atomic mass is 35.5. The van der Waals surface area contributed by atoms with Crippen LogP contribution in [-0.2, 0) is 4.79 Å². The zero-order chi connectivity index (χ0) is 25.5. The van der Waals surface area contributed by atoms with E-state index in [4.69, 9.17) is 28.2 Å². The molecule has 2 aromatic rings. The van der Waals surface area contributed by atoms with E-state index in [0.29, 0.717) is 6.54 Å². The van der Waals surface area contributed by atoms with Gasteiger partial charge in [-0.15, -0.1) is 0 Å². The van der Waals surface area contributed by atoms with E-state index in [-0.39, 0.29) is 33.9 Å². The van der Waals surface area contributed by atoms with E-state index in [1.54, 1.807) is 6.07 Å². The number of halogens is 3. The minimum atomic E-state index is -3.13. The number of aliphatic imine (C=N–C) groups is 1. The molecule has 1 amide bonds. The van der Waals surface area contributed by atoms with Crippen LogP contribution in [0.2, 0.25) is 5.02 Å². The molecule has 186 valence electrons. The number of likely N-dealkylation sites (N-methyl/N-ethyl adjacent to an activating group) is 1. The van der Waals surface area contributed by atoms with Crippen molar-refractivity contribution in [3.63, 3.8) is 0 Å². The van der Waals surface area contributed by atoms with E-state index in [9.17, 15) is 13.6 Å². The first kappa shape index (κ1) is 26.1. The predicted molar refractivity (Wildman–Crippen MR) is 128 cm³/mol. The Bertz CT molecular complexity index is 1100. The summed E-state index contributed by atoms with van der Waals surface area (Å²) in [7, 11) is 1.95. The molecule has 0 spiro atoms. The lowest BCUT2D eigenvalue weighted by atomic mass is 10.0. The van der Waals surface area contributed by atoms with Crippen molar-refractivity contribution in [2.45, 2.75) is 31.0 Å². The average Bonchev–Trinajstić information content (AvgIpc) is 3.22. The standard InChI is InChI=1S/C22H25ClF2N8O2/c1-33-8-5-13(11-33)31-10-15(18(26)14-9-12(23)3-4-16(14)35-22(24)25)32-21(34)17(19(27)28)20-29-6-2-7-30-20/h2-4,6-7,9-10,13,15,17,22,26H,5,8,11H2,1H3,(H3,27,28)(H,32,34). The fourth-order valence-electron chi connectivity index (χ4n) is 3.60. The number of amidine groups is 1. The maximum atomic E-state index is 13.2. The molecule has 5 N–H and O–H groups in total. The van der Waals surface area contributed by atoms with Crippen molar-refractivity contribution in [3.8, 4) is 5.75 Å². The van der Waals surface area contributed by atoms with Gasteiger partial charge in [0.15, 0.2) is 5.92 Å². The largest absolute Gasteiger partial charge is 0.434 e. The van der Waals surface area contributed by atoms with Gasteiger partial charge in [-0.05, 0) is 44.3 Å². The zero-order valence-corrected chi connectivity index (χ0v) is 19.5. The maximum absolute atomic E-state index is 13.2. The van der Waals surface area contributed by atoms with Crippen molar-refractivity contribution in [3.05, 3.63) is 53.1 Å². The smallest absolute Gasteiger partial charge is 0.387 e. The first-order valence-electron chi connectivity index (χ1n) is 10.6. The Kier molecular flexibility index (Phi) is 8.77. The Labute approximate surface area is 205 Å². The summed E-state index contributed by atoms with van der Waals surface area (Å²) in [4.78, 5) is 27.7. The molecule has 0 saturated carbocycles. The van der Waals surface area contributed by atoms with Crippen LogP contribution in [0.5, 0.6) is 5.75 Å². The molecule has 0 aliphatic carbocycles. The summed E-state index contributed by atoms with van der Waals surface area (Å²) in [5.41, 5.74) is 5.31. The first-order chi connectivity index (χ1) is 16.7. The second kappa shape index (κ2) is 11.8. The molecule has 1 aromatic heterocycles. The van der Waals surface area contributed by atoms with Gasteiger partial charge in [0.05, 0.1) is 11.8 Å². The lowest BCUT2D eigenvalue weighted by Crippen LogP contribution is -2.47. The summed E-state index contributed by atoms with van der Waals surface area (Å²) < 4.78 is 30.5. The van der Waals surface area contributed by atoms with Crippen molar-refractivity contribution >= 4 is 35.3 Å². The number of amides is 1. The number of benzene rings is 1. The lowest BCUT2D eigenvalue weighted by Gasteiger charge is -2.21. The molecule has 2 heterocycles. The van der Waals surface area contributed by atoms with Crippen molar-refractivity contribution < 1.29 is 18.3 Å². The normalized spacial score (nSPS) is 17.9. The van der Waals surface area contributed by atoms with Crippen LogP contribution >= 0.6 is 11.6 Å². The highest BCUT2D eigenvalue weighted by Gasteiger charge is 2.30. The van der Waals surface area contributed by atoms with Gasteiger partial charge in [-0.1, -0.05) is 11.6 Å². The molecule has 1 aromatic carbocycles. The van der Waals surface area contributed by atoms with Gasteiger partial charge >= 0.3 is 6.61 Å². The minimum absolute atomic E-state index is 0.00150. The molecule has 1 saturated heterocycles. The number of nitrogens with zero attached hydrogens (tertiary/aromatic N) is 4. The maximum Gasteiger partial charge on any atom is 0.387 e. The number of aromatic nitrogens is 2. The Balaban J connectivity index is 1.94. The number of carbonyl (C=O) groups excluding carboxylic acids is 1. The van der Waals surface area contributed by atoms with Crippen LogP contribution in [-0.4, -0.2) is 77.4 Å². The molecule has 3 rings (SSSR count). The third kappa shape index (κ3) is 6.99. The molecule has 13 heteroatoms. The topological polar surface area (TPSA) is 153 Å². The molecule has 0 radical (unpaired) electrons. The van der Waals surface area contributed by atoms with Crippen LogP contribution < -0.4 is 15.8 Å². The molecule has 0 bridgehead atoms. The van der Waals surface area contributed by atoms with Crippen molar-refractivity contribution in [1.29, 1.82) is 10.8 Å². The van der Waals surface area contributed by atoms with E-state index >= 15 is 0 Å². The van der Waals surface area contributed by atoms with E-state index in [2.05, 4.69) is 29.9 Å². The lowest BCUT2D eigenvalue weighted by molar-refractivity contribution is -0.121. The molecule has 3 unspecified atom stereocenters. The number of rotatable bonds is 10. The number of likely N-dealkylation sites (tertiary alicyclic amines) is 1. The number of carbonyl (C=O) groups is 1. The monoisotopic (exact) mass is 506 g/mol. The Morgan fingerprint density at radius 3 is 2.69 bits per heavy atom. The third-order valence-electron chi connectivity index (χ3n) is 5.29.